The van der Waals surface area contributed by atoms with Crippen LogP contribution in [-0.2, 0) is 24.3 Å². The van der Waals surface area contributed by atoms with E-state index in [1.165, 1.54) is 6.92 Å². The van der Waals surface area contributed by atoms with Crippen molar-refractivity contribution >= 4 is 22.0 Å². The molecule has 7 nitrogen and oxygen atoms in total. The molecule has 0 saturated heterocycles. The highest BCUT2D eigenvalue weighted by molar-refractivity contribution is 7.90. The molecule has 0 radical (unpaired) electrons. The molecule has 2 atom stereocenters. The fourth-order valence-electron chi connectivity index (χ4n) is 1.99. The fourth-order valence-corrected chi connectivity index (χ4v) is 2.99. The van der Waals surface area contributed by atoms with Crippen molar-refractivity contribution in [3.05, 3.63) is 0 Å². The Hall–Kier alpha value is -1.15. The van der Waals surface area contributed by atoms with Gasteiger partial charge in [-0.15, -0.1) is 0 Å². The van der Waals surface area contributed by atoms with E-state index >= 15 is 0 Å². The summed E-state index contributed by atoms with van der Waals surface area (Å²) in [5, 5.41) is 7.43. The zero-order valence-corrected chi connectivity index (χ0v) is 13.6. The topological polar surface area (TPSA) is 110 Å². The summed E-state index contributed by atoms with van der Waals surface area (Å²) in [4.78, 5) is 21.8. The van der Waals surface area contributed by atoms with Crippen molar-refractivity contribution in [2.24, 2.45) is 5.92 Å². The predicted octanol–water partition coefficient (Wildman–Crippen LogP) is 1.14. The highest BCUT2D eigenvalue weighted by atomic mass is 32.2. The highest BCUT2D eigenvalue weighted by Crippen LogP contribution is 2.17. The number of esters is 1. The zero-order valence-electron chi connectivity index (χ0n) is 12.8. The number of ether oxygens (including phenoxy) is 1. The van der Waals surface area contributed by atoms with E-state index in [2.05, 4.69) is 9.46 Å². The zero-order chi connectivity index (χ0) is 16.5. The third kappa shape index (κ3) is 8.01. The Labute approximate surface area is 126 Å². The Morgan fingerprint density at radius 1 is 1.24 bits per heavy atom. The Morgan fingerprint density at radius 2 is 1.86 bits per heavy atom. The molecule has 2 unspecified atom stereocenters. The second-order valence-corrected chi connectivity index (χ2v) is 7.07. The van der Waals surface area contributed by atoms with Gasteiger partial charge in [-0.1, -0.05) is 19.8 Å². The molecule has 0 aromatic rings. The standard InChI is InChI=1S/C13H25NO6S/c1-4-5-11(6-7-12(15)16)8-9-14-21(18,19)10(2)13(17)20-3/h10-11,14H,4-9H2,1-3H3,(H,15,16). The van der Waals surface area contributed by atoms with Crippen molar-refractivity contribution in [3.8, 4) is 0 Å². The van der Waals surface area contributed by atoms with E-state index in [1.807, 2.05) is 6.92 Å². The molecule has 21 heavy (non-hydrogen) atoms. The average molecular weight is 323 g/mol. The lowest BCUT2D eigenvalue weighted by molar-refractivity contribution is -0.140. The Morgan fingerprint density at radius 3 is 2.33 bits per heavy atom. The van der Waals surface area contributed by atoms with Crippen molar-refractivity contribution < 1.29 is 27.9 Å². The minimum atomic E-state index is -3.75. The van der Waals surface area contributed by atoms with Gasteiger partial charge < -0.3 is 9.84 Å². The van der Waals surface area contributed by atoms with Gasteiger partial charge >= 0.3 is 11.9 Å². The van der Waals surface area contributed by atoms with Crippen LogP contribution >= 0.6 is 0 Å². The smallest absolute Gasteiger partial charge is 0.325 e. The van der Waals surface area contributed by atoms with Gasteiger partial charge in [0.1, 0.15) is 0 Å². The Kier molecular flexibility index (Phi) is 9.19. The number of hydrogen-bond donors (Lipinski definition) is 2. The van der Waals surface area contributed by atoms with Crippen LogP contribution in [0.5, 0.6) is 0 Å². The molecule has 0 fully saturated rings. The maximum atomic E-state index is 11.8. The number of sulfonamides is 1. The largest absolute Gasteiger partial charge is 0.481 e. The van der Waals surface area contributed by atoms with Crippen molar-refractivity contribution in [3.63, 3.8) is 0 Å². The first-order chi connectivity index (χ1) is 9.74. The number of carboxylic acids is 1. The number of hydrogen-bond acceptors (Lipinski definition) is 5. The molecule has 0 aromatic carbocycles. The van der Waals surface area contributed by atoms with Gasteiger partial charge in [0.05, 0.1) is 7.11 Å². The summed E-state index contributed by atoms with van der Waals surface area (Å²) in [6, 6.07) is 0. The van der Waals surface area contributed by atoms with Gasteiger partial charge in [-0.2, -0.15) is 0 Å². The van der Waals surface area contributed by atoms with Crippen LogP contribution in [0.2, 0.25) is 0 Å². The van der Waals surface area contributed by atoms with Gasteiger partial charge in [-0.25, -0.2) is 13.1 Å². The lowest BCUT2D eigenvalue weighted by atomic mass is 9.95. The number of carbonyl (C=O) groups is 2. The molecular weight excluding hydrogens is 298 g/mol. The molecule has 0 heterocycles. The second-order valence-electron chi connectivity index (χ2n) is 4.98. The van der Waals surface area contributed by atoms with Crippen LogP contribution in [0, 0.1) is 5.92 Å². The minimum absolute atomic E-state index is 0.0793. The van der Waals surface area contributed by atoms with E-state index in [4.69, 9.17) is 5.11 Å². The van der Waals surface area contributed by atoms with Crippen molar-refractivity contribution in [1.29, 1.82) is 0 Å². The maximum absolute atomic E-state index is 11.8. The first-order valence-corrected chi connectivity index (χ1v) is 8.57. The normalized spacial score (nSPS) is 14.4. The van der Waals surface area contributed by atoms with Crippen molar-refractivity contribution in [2.75, 3.05) is 13.7 Å². The summed E-state index contributed by atoms with van der Waals surface area (Å²) >= 11 is 0. The Bertz CT molecular complexity index is 434. The summed E-state index contributed by atoms with van der Waals surface area (Å²) in [7, 11) is -2.62. The molecule has 0 saturated carbocycles. The second kappa shape index (κ2) is 9.73. The summed E-state index contributed by atoms with van der Waals surface area (Å²) in [5.74, 6) is -1.50. The van der Waals surface area contributed by atoms with E-state index in [0.717, 1.165) is 20.0 Å². The first-order valence-electron chi connectivity index (χ1n) is 7.02. The fraction of sp³-hybridized carbons (Fsp3) is 0.846. The number of methoxy groups -OCH3 is 1. The predicted molar refractivity (Wildman–Crippen MR) is 78.3 cm³/mol. The van der Waals surface area contributed by atoms with Crippen molar-refractivity contribution in [1.82, 2.24) is 4.72 Å². The molecule has 0 aliphatic rings. The van der Waals surface area contributed by atoms with Crippen LogP contribution in [-0.4, -0.2) is 44.4 Å². The number of carbonyl (C=O) groups excluding carboxylic acids is 1. The quantitative estimate of drug-likeness (QED) is 0.552. The number of carboxylic acid groups (broad SMARTS) is 1. The molecule has 8 heteroatoms. The number of rotatable bonds is 11. The Balaban J connectivity index is 4.35. The van der Waals surface area contributed by atoms with Crippen LogP contribution in [0.4, 0.5) is 0 Å². The third-order valence-corrected chi connectivity index (χ3v) is 5.05. The molecule has 0 spiro atoms. The van der Waals surface area contributed by atoms with Gasteiger partial charge in [-0.05, 0) is 25.7 Å². The highest BCUT2D eigenvalue weighted by Gasteiger charge is 2.28. The van der Waals surface area contributed by atoms with E-state index in [9.17, 15) is 18.0 Å². The molecule has 0 amide bonds. The molecular formula is C13H25NO6S. The van der Waals surface area contributed by atoms with Crippen LogP contribution < -0.4 is 4.72 Å². The summed E-state index contributed by atoms with van der Waals surface area (Å²) in [6.45, 7) is 3.45. The van der Waals surface area contributed by atoms with Gasteiger partial charge in [0.2, 0.25) is 10.0 Å². The molecule has 0 aromatic heterocycles. The van der Waals surface area contributed by atoms with Crippen LogP contribution in [0.3, 0.4) is 0 Å². The first kappa shape index (κ1) is 19.9. The molecule has 124 valence electrons. The SMILES string of the molecule is CCCC(CCNS(=O)(=O)C(C)C(=O)OC)CCC(=O)O. The van der Waals surface area contributed by atoms with Crippen LogP contribution in [0.25, 0.3) is 0 Å². The summed E-state index contributed by atoms with van der Waals surface area (Å²) < 4.78 is 30.4. The van der Waals surface area contributed by atoms with E-state index in [1.54, 1.807) is 0 Å². The third-order valence-electron chi connectivity index (χ3n) is 3.32. The van der Waals surface area contributed by atoms with Gasteiger partial charge in [0.15, 0.2) is 5.25 Å². The molecule has 0 aliphatic carbocycles. The number of aliphatic carboxylic acids is 1. The van der Waals surface area contributed by atoms with Crippen LogP contribution in [0.15, 0.2) is 0 Å². The lowest BCUT2D eigenvalue weighted by Gasteiger charge is -2.16. The molecule has 0 bridgehead atoms. The van der Waals surface area contributed by atoms with Gasteiger partial charge in [-0.3, -0.25) is 9.59 Å². The van der Waals surface area contributed by atoms with Crippen molar-refractivity contribution in [2.45, 2.75) is 51.2 Å². The molecule has 2 N–H and O–H groups in total. The van der Waals surface area contributed by atoms with E-state index in [-0.39, 0.29) is 18.9 Å². The van der Waals surface area contributed by atoms with E-state index in [0.29, 0.717) is 12.8 Å². The molecule has 0 rings (SSSR count). The summed E-state index contributed by atoms with van der Waals surface area (Å²) in [6.07, 6.45) is 2.92. The lowest BCUT2D eigenvalue weighted by Crippen LogP contribution is -2.39. The van der Waals surface area contributed by atoms with Gasteiger partial charge in [0.25, 0.3) is 0 Å². The molecule has 0 aliphatic heterocycles. The number of nitrogens with one attached hydrogen (secondary N) is 1. The van der Waals surface area contributed by atoms with Crippen LogP contribution in [0.1, 0.15) is 46.0 Å². The summed E-state index contributed by atoms with van der Waals surface area (Å²) in [5.41, 5.74) is 0. The average Bonchev–Trinajstić information content (AvgIpc) is 2.42. The minimum Gasteiger partial charge on any atom is -0.481 e. The van der Waals surface area contributed by atoms with Gasteiger partial charge in [0, 0.05) is 13.0 Å². The maximum Gasteiger partial charge on any atom is 0.325 e. The monoisotopic (exact) mass is 323 g/mol. The van der Waals surface area contributed by atoms with E-state index < -0.39 is 27.2 Å².